The molecule has 3 rings (SSSR count). The third-order valence-corrected chi connectivity index (χ3v) is 6.49. The lowest BCUT2D eigenvalue weighted by atomic mass is 9.68. The fourth-order valence-electron chi connectivity index (χ4n) is 4.69. The molecule has 160 valence electrons. The second-order valence-electron chi connectivity index (χ2n) is 8.18. The number of nitrogens with one attached hydrogen (secondary N) is 1. The van der Waals surface area contributed by atoms with Crippen molar-refractivity contribution in [2.24, 2.45) is 0 Å². The largest absolute Gasteiger partial charge is 0.396 e. The Morgan fingerprint density at radius 1 is 1.00 bits per heavy atom. The molecule has 0 aromatic heterocycles. The summed E-state index contributed by atoms with van der Waals surface area (Å²) in [6.07, 6.45) is 12.3. The number of para-hydroxylation sites is 1. The number of benzene rings is 1. The SMILES string of the molecule is OCCCCC1(c2ccccc2N2CCCCC2)CC=C(Cl)C=C1NCCCO. The highest BCUT2D eigenvalue weighted by atomic mass is 35.5. The molecule has 1 atom stereocenters. The number of piperidine rings is 1. The molecule has 1 unspecified atom stereocenters. The first-order chi connectivity index (χ1) is 14.2. The van der Waals surface area contributed by atoms with E-state index in [4.69, 9.17) is 11.6 Å². The molecule has 1 heterocycles. The van der Waals surface area contributed by atoms with Gasteiger partial charge in [0.05, 0.1) is 0 Å². The minimum atomic E-state index is -0.183. The minimum absolute atomic E-state index is 0.172. The number of aliphatic hydroxyl groups excluding tert-OH is 2. The Labute approximate surface area is 180 Å². The van der Waals surface area contributed by atoms with Crippen LogP contribution >= 0.6 is 11.6 Å². The lowest BCUT2D eigenvalue weighted by Crippen LogP contribution is -2.40. The summed E-state index contributed by atoms with van der Waals surface area (Å²) in [6.45, 7) is 3.33. The molecule has 1 aromatic rings. The molecule has 1 aliphatic heterocycles. The maximum Gasteiger partial charge on any atom is 0.0447 e. The van der Waals surface area contributed by atoms with Gasteiger partial charge in [0.1, 0.15) is 0 Å². The number of hydrogen-bond acceptors (Lipinski definition) is 4. The van der Waals surface area contributed by atoms with Crippen LogP contribution in [-0.4, -0.2) is 43.1 Å². The molecule has 0 bridgehead atoms. The van der Waals surface area contributed by atoms with Crippen molar-refractivity contribution >= 4 is 17.3 Å². The quantitative estimate of drug-likeness (QED) is 0.491. The average Bonchev–Trinajstić information content (AvgIpc) is 2.76. The molecule has 1 fully saturated rings. The first-order valence-electron chi connectivity index (χ1n) is 11.1. The van der Waals surface area contributed by atoms with Gasteiger partial charge in [0.15, 0.2) is 0 Å². The lowest BCUT2D eigenvalue weighted by molar-refractivity contribution is 0.273. The summed E-state index contributed by atoms with van der Waals surface area (Å²) in [6, 6.07) is 8.82. The van der Waals surface area contributed by atoms with Crippen molar-refractivity contribution in [1.82, 2.24) is 5.32 Å². The number of aliphatic hydroxyl groups is 2. The zero-order valence-electron chi connectivity index (χ0n) is 17.4. The van der Waals surface area contributed by atoms with E-state index in [0.29, 0.717) is 6.42 Å². The van der Waals surface area contributed by atoms with Gasteiger partial charge in [-0.05, 0) is 69.1 Å². The van der Waals surface area contributed by atoms with E-state index in [1.807, 2.05) is 0 Å². The molecule has 1 saturated heterocycles. The molecule has 1 aromatic carbocycles. The maximum atomic E-state index is 9.39. The Bertz CT molecular complexity index is 713. The molecule has 0 radical (unpaired) electrons. The van der Waals surface area contributed by atoms with Crippen LogP contribution in [0.2, 0.25) is 0 Å². The molecule has 4 nitrogen and oxygen atoms in total. The Morgan fingerprint density at radius 2 is 1.76 bits per heavy atom. The van der Waals surface area contributed by atoms with E-state index in [1.165, 1.54) is 30.5 Å². The van der Waals surface area contributed by atoms with Gasteiger partial charge in [0, 0.05) is 54.7 Å². The lowest BCUT2D eigenvalue weighted by Gasteiger charge is -2.42. The van der Waals surface area contributed by atoms with E-state index in [1.54, 1.807) is 0 Å². The van der Waals surface area contributed by atoms with E-state index in [-0.39, 0.29) is 18.6 Å². The van der Waals surface area contributed by atoms with Crippen LogP contribution in [0.5, 0.6) is 0 Å². The van der Waals surface area contributed by atoms with Crippen LogP contribution in [0, 0.1) is 0 Å². The zero-order chi connectivity index (χ0) is 20.5. The second-order valence-corrected chi connectivity index (χ2v) is 8.62. The summed E-state index contributed by atoms with van der Waals surface area (Å²) < 4.78 is 0. The monoisotopic (exact) mass is 418 g/mol. The van der Waals surface area contributed by atoms with E-state index in [9.17, 15) is 10.2 Å². The number of hydrogen-bond donors (Lipinski definition) is 3. The molecule has 5 heteroatoms. The summed E-state index contributed by atoms with van der Waals surface area (Å²) in [7, 11) is 0. The van der Waals surface area contributed by atoms with Gasteiger partial charge in [0.25, 0.3) is 0 Å². The summed E-state index contributed by atoms with van der Waals surface area (Å²) in [4.78, 5) is 2.54. The fourth-order valence-corrected chi connectivity index (χ4v) is 4.88. The fraction of sp³-hybridized carbons (Fsp3) is 0.583. The minimum Gasteiger partial charge on any atom is -0.396 e. The number of rotatable bonds is 10. The van der Waals surface area contributed by atoms with Crippen molar-refractivity contribution in [1.29, 1.82) is 0 Å². The Balaban J connectivity index is 2.01. The third kappa shape index (κ3) is 5.36. The molecular weight excluding hydrogens is 384 g/mol. The number of unbranched alkanes of at least 4 members (excludes halogenated alkanes) is 1. The van der Waals surface area contributed by atoms with Crippen LogP contribution in [0.4, 0.5) is 5.69 Å². The van der Waals surface area contributed by atoms with Crippen molar-refractivity contribution in [3.8, 4) is 0 Å². The molecule has 3 N–H and O–H groups in total. The van der Waals surface area contributed by atoms with Crippen molar-refractivity contribution in [3.63, 3.8) is 0 Å². The molecule has 0 saturated carbocycles. The van der Waals surface area contributed by atoms with Gasteiger partial charge in [-0.3, -0.25) is 0 Å². The second kappa shape index (κ2) is 11.1. The van der Waals surface area contributed by atoms with Crippen LogP contribution in [0.15, 0.2) is 47.1 Å². The smallest absolute Gasteiger partial charge is 0.0447 e. The van der Waals surface area contributed by atoms with E-state index < -0.39 is 0 Å². The van der Waals surface area contributed by atoms with Crippen LogP contribution < -0.4 is 10.2 Å². The van der Waals surface area contributed by atoms with Gasteiger partial charge < -0.3 is 20.4 Å². The predicted molar refractivity (Wildman–Crippen MR) is 121 cm³/mol. The first kappa shape index (κ1) is 22.2. The summed E-state index contributed by atoms with van der Waals surface area (Å²) in [5, 5.41) is 23.0. The standard InChI is InChI=1S/C24H35ClN2O2/c25-20-11-13-24(12-4-7-17-28,23(19-20)26-14-8-18-29)21-9-2-3-10-22(21)27-15-5-1-6-16-27/h2-3,9-11,19,26,28-29H,1,4-8,12-18H2. The van der Waals surface area contributed by atoms with E-state index in [0.717, 1.165) is 56.0 Å². The summed E-state index contributed by atoms with van der Waals surface area (Å²) in [5.41, 5.74) is 3.64. The molecule has 0 amide bonds. The molecule has 29 heavy (non-hydrogen) atoms. The van der Waals surface area contributed by atoms with Crippen molar-refractivity contribution in [3.05, 3.63) is 52.7 Å². The normalized spacial score (nSPS) is 22.2. The molecule has 2 aliphatic rings. The van der Waals surface area contributed by atoms with Gasteiger partial charge in [-0.2, -0.15) is 0 Å². The number of halogens is 1. The topological polar surface area (TPSA) is 55.7 Å². The van der Waals surface area contributed by atoms with Gasteiger partial charge >= 0.3 is 0 Å². The van der Waals surface area contributed by atoms with Gasteiger partial charge in [0.2, 0.25) is 0 Å². The van der Waals surface area contributed by atoms with Gasteiger partial charge in [-0.25, -0.2) is 0 Å². The van der Waals surface area contributed by atoms with Gasteiger partial charge in [-0.1, -0.05) is 35.9 Å². The molecule has 0 spiro atoms. The van der Waals surface area contributed by atoms with Crippen LogP contribution in [0.25, 0.3) is 0 Å². The molecular formula is C24H35ClN2O2. The highest BCUT2D eigenvalue weighted by Crippen LogP contribution is 2.47. The van der Waals surface area contributed by atoms with Crippen LogP contribution in [0.1, 0.15) is 56.9 Å². The highest BCUT2D eigenvalue weighted by Gasteiger charge is 2.39. The number of nitrogens with zero attached hydrogens (tertiary/aromatic N) is 1. The van der Waals surface area contributed by atoms with Crippen molar-refractivity contribution < 1.29 is 10.2 Å². The Morgan fingerprint density at radius 3 is 2.52 bits per heavy atom. The number of anilines is 1. The van der Waals surface area contributed by atoms with Crippen molar-refractivity contribution in [2.75, 3.05) is 37.7 Å². The van der Waals surface area contributed by atoms with Crippen LogP contribution in [-0.2, 0) is 5.41 Å². The van der Waals surface area contributed by atoms with E-state index in [2.05, 4.69) is 46.6 Å². The Hall–Kier alpha value is -1.49. The van der Waals surface area contributed by atoms with Crippen LogP contribution in [0.3, 0.4) is 0 Å². The zero-order valence-corrected chi connectivity index (χ0v) is 18.1. The average molecular weight is 419 g/mol. The van der Waals surface area contributed by atoms with E-state index >= 15 is 0 Å². The number of allylic oxidation sites excluding steroid dienone is 4. The Kier molecular flexibility index (Phi) is 8.46. The third-order valence-electron chi connectivity index (χ3n) is 6.22. The van der Waals surface area contributed by atoms with Gasteiger partial charge in [-0.15, -0.1) is 0 Å². The maximum absolute atomic E-state index is 9.39. The summed E-state index contributed by atoms with van der Waals surface area (Å²) in [5.74, 6) is 0. The molecule has 1 aliphatic carbocycles. The highest BCUT2D eigenvalue weighted by molar-refractivity contribution is 6.31. The summed E-state index contributed by atoms with van der Waals surface area (Å²) >= 11 is 6.43. The first-order valence-corrected chi connectivity index (χ1v) is 11.5. The predicted octanol–water partition coefficient (Wildman–Crippen LogP) is 4.46. The van der Waals surface area contributed by atoms with Crippen molar-refractivity contribution in [2.45, 2.75) is 56.8 Å².